The van der Waals surface area contributed by atoms with Crippen LogP contribution in [0.25, 0.3) is 6.08 Å². The largest absolute Gasteiger partial charge is 0.448 e. The molecular weight excluding hydrogens is 558 g/mol. The van der Waals surface area contributed by atoms with Crippen LogP contribution in [0.15, 0.2) is 41.0 Å². The van der Waals surface area contributed by atoms with Crippen LogP contribution in [-0.4, -0.2) is 65.9 Å². The molecule has 0 unspecified atom stereocenters. The SMILES string of the molecule is CCCN(CCOC(=O)NC1CCC1)C(=O)C1=Cc2ccc(C3(C(=O)Nc4cnc5c(c4)CNCC5)CC3)cc2N=C(N)C1. The highest BCUT2D eigenvalue weighted by Gasteiger charge is 2.51. The third-order valence-corrected chi connectivity index (χ3v) is 8.98. The Morgan fingerprint density at radius 3 is 2.77 bits per heavy atom. The number of nitrogens with two attached hydrogens (primary N) is 1. The van der Waals surface area contributed by atoms with Crippen molar-refractivity contribution in [1.29, 1.82) is 0 Å². The lowest BCUT2D eigenvalue weighted by atomic mass is 9.92. The molecular formula is C33H41N7O4. The summed E-state index contributed by atoms with van der Waals surface area (Å²) in [5, 5.41) is 9.29. The van der Waals surface area contributed by atoms with Crippen LogP contribution in [0.2, 0.25) is 0 Å². The lowest BCUT2D eigenvalue weighted by molar-refractivity contribution is -0.127. The van der Waals surface area contributed by atoms with Gasteiger partial charge in [-0.1, -0.05) is 19.1 Å². The molecule has 44 heavy (non-hydrogen) atoms. The van der Waals surface area contributed by atoms with Gasteiger partial charge >= 0.3 is 6.09 Å². The summed E-state index contributed by atoms with van der Waals surface area (Å²) in [4.78, 5) is 50.1. The number of fused-ring (bicyclic) bond motifs is 2. The van der Waals surface area contributed by atoms with E-state index in [-0.39, 0.29) is 30.9 Å². The number of nitrogens with one attached hydrogen (secondary N) is 3. The number of amidine groups is 1. The van der Waals surface area contributed by atoms with E-state index in [1.54, 1.807) is 11.1 Å². The molecule has 0 spiro atoms. The van der Waals surface area contributed by atoms with Crippen LogP contribution < -0.4 is 21.7 Å². The predicted octanol–water partition coefficient (Wildman–Crippen LogP) is 3.69. The second kappa shape index (κ2) is 12.8. The Labute approximate surface area is 257 Å². The van der Waals surface area contributed by atoms with Gasteiger partial charge in [-0.3, -0.25) is 14.6 Å². The summed E-state index contributed by atoms with van der Waals surface area (Å²) in [5.74, 6) is 0.117. The molecule has 2 saturated carbocycles. The van der Waals surface area contributed by atoms with Crippen molar-refractivity contribution >= 4 is 41.2 Å². The van der Waals surface area contributed by atoms with Crippen molar-refractivity contribution in [3.8, 4) is 0 Å². The molecule has 2 aliphatic carbocycles. The number of aromatic nitrogens is 1. The molecule has 6 rings (SSSR count). The number of carbonyl (C=O) groups excluding carboxylic acids is 3. The molecule has 2 aromatic rings. The van der Waals surface area contributed by atoms with Crippen molar-refractivity contribution < 1.29 is 19.1 Å². The molecule has 4 aliphatic rings. The van der Waals surface area contributed by atoms with Crippen LogP contribution in [0.5, 0.6) is 0 Å². The van der Waals surface area contributed by atoms with Gasteiger partial charge < -0.3 is 31.3 Å². The Morgan fingerprint density at radius 1 is 1.18 bits per heavy atom. The van der Waals surface area contributed by atoms with Gasteiger partial charge in [0.2, 0.25) is 11.8 Å². The van der Waals surface area contributed by atoms with Crippen LogP contribution >= 0.6 is 0 Å². The Morgan fingerprint density at radius 2 is 2.02 bits per heavy atom. The molecule has 2 aliphatic heterocycles. The number of carbonyl (C=O) groups is 3. The highest BCUT2D eigenvalue weighted by molar-refractivity contribution is 6.06. The maximum atomic E-state index is 13.6. The minimum absolute atomic E-state index is 0.0567. The molecule has 5 N–H and O–H groups in total. The van der Waals surface area contributed by atoms with Gasteiger partial charge in [-0.25, -0.2) is 9.79 Å². The second-order valence-electron chi connectivity index (χ2n) is 12.2. The highest BCUT2D eigenvalue weighted by Crippen LogP contribution is 2.50. The van der Waals surface area contributed by atoms with E-state index < -0.39 is 11.5 Å². The second-order valence-corrected chi connectivity index (χ2v) is 12.2. The summed E-state index contributed by atoms with van der Waals surface area (Å²) in [6, 6.07) is 7.99. The summed E-state index contributed by atoms with van der Waals surface area (Å²) in [6.45, 7) is 4.60. The van der Waals surface area contributed by atoms with Crippen LogP contribution in [0.1, 0.15) is 74.3 Å². The zero-order valence-corrected chi connectivity index (χ0v) is 25.3. The van der Waals surface area contributed by atoms with Gasteiger partial charge in [0.15, 0.2) is 0 Å². The normalized spacial score (nSPS) is 18.3. The van der Waals surface area contributed by atoms with Crippen molar-refractivity contribution in [2.45, 2.75) is 76.3 Å². The van der Waals surface area contributed by atoms with Gasteiger partial charge in [-0.05, 0) is 67.9 Å². The fraction of sp³-hybridized carbons (Fsp3) is 0.485. The number of nitrogens with zero attached hydrogens (tertiary/aromatic N) is 3. The summed E-state index contributed by atoms with van der Waals surface area (Å²) in [6.07, 6.45) is 9.56. The third-order valence-electron chi connectivity index (χ3n) is 8.98. The van der Waals surface area contributed by atoms with E-state index in [1.807, 2.05) is 37.3 Å². The highest BCUT2D eigenvalue weighted by atomic mass is 16.5. The van der Waals surface area contributed by atoms with E-state index in [4.69, 9.17) is 10.5 Å². The summed E-state index contributed by atoms with van der Waals surface area (Å²) >= 11 is 0. The number of anilines is 1. The number of alkyl carbamates (subject to hydrolysis) is 1. The average Bonchev–Trinajstić information content (AvgIpc) is 3.82. The van der Waals surface area contributed by atoms with Gasteiger partial charge in [0.05, 0.1) is 29.5 Å². The van der Waals surface area contributed by atoms with Crippen molar-refractivity contribution in [1.82, 2.24) is 20.5 Å². The molecule has 11 heteroatoms. The van der Waals surface area contributed by atoms with Crippen molar-refractivity contribution in [2.75, 3.05) is 31.6 Å². The summed E-state index contributed by atoms with van der Waals surface area (Å²) in [7, 11) is 0. The van der Waals surface area contributed by atoms with Gasteiger partial charge in [0.1, 0.15) is 12.4 Å². The molecule has 11 nitrogen and oxygen atoms in total. The smallest absolute Gasteiger partial charge is 0.407 e. The van der Waals surface area contributed by atoms with Crippen LogP contribution in [0.3, 0.4) is 0 Å². The van der Waals surface area contributed by atoms with Gasteiger partial charge in [-0.2, -0.15) is 0 Å². The zero-order chi connectivity index (χ0) is 30.7. The topological polar surface area (TPSA) is 151 Å². The first-order chi connectivity index (χ1) is 21.3. The number of aliphatic imine (C=N–C) groups is 1. The first-order valence-corrected chi connectivity index (χ1v) is 15.8. The molecule has 1 aromatic heterocycles. The standard InChI is InChI=1S/C33H41N7O4/c1-2-12-40(13-14-44-32(43)38-25-4-3-5-25)30(41)22-15-21-6-7-24(18-28(21)39-29(34)17-22)33(9-10-33)31(42)37-26-16-23-19-35-11-8-27(23)36-20-26/h6-7,15-16,18,20,25,35H,2-5,8-14,17,19H2,1H3,(H2,34,39)(H,37,42)(H,38,43). The van der Waals surface area contributed by atoms with E-state index in [0.29, 0.717) is 35.9 Å². The zero-order valence-electron chi connectivity index (χ0n) is 25.3. The molecule has 2 fully saturated rings. The molecule has 0 bridgehead atoms. The molecule has 0 radical (unpaired) electrons. The Hall–Kier alpha value is -4.25. The number of ether oxygens (including phenoxy) is 1. The van der Waals surface area contributed by atoms with E-state index in [9.17, 15) is 14.4 Å². The lowest BCUT2D eigenvalue weighted by Gasteiger charge is -2.26. The number of amides is 3. The molecule has 0 atom stereocenters. The quantitative estimate of drug-likeness (QED) is 0.325. The monoisotopic (exact) mass is 599 g/mol. The number of pyridine rings is 1. The van der Waals surface area contributed by atoms with Crippen LogP contribution in [0, 0.1) is 0 Å². The Balaban J connectivity index is 1.14. The lowest BCUT2D eigenvalue weighted by Crippen LogP contribution is -2.41. The number of hydrogen-bond donors (Lipinski definition) is 4. The van der Waals surface area contributed by atoms with E-state index >= 15 is 0 Å². The van der Waals surface area contributed by atoms with Crippen LogP contribution in [0.4, 0.5) is 16.2 Å². The molecule has 1 aromatic carbocycles. The fourth-order valence-corrected chi connectivity index (χ4v) is 6.06. The summed E-state index contributed by atoms with van der Waals surface area (Å²) < 4.78 is 5.35. The maximum absolute atomic E-state index is 13.6. The molecule has 3 heterocycles. The maximum Gasteiger partial charge on any atom is 0.407 e. The molecule has 232 valence electrons. The van der Waals surface area contributed by atoms with E-state index in [2.05, 4.69) is 25.9 Å². The summed E-state index contributed by atoms with van der Waals surface area (Å²) in [5.41, 5.74) is 11.4. The first kappa shape index (κ1) is 29.8. The number of hydrogen-bond acceptors (Lipinski definition) is 8. The number of rotatable bonds is 10. The van der Waals surface area contributed by atoms with Crippen molar-refractivity contribution in [3.63, 3.8) is 0 Å². The van der Waals surface area contributed by atoms with Crippen molar-refractivity contribution in [2.24, 2.45) is 10.7 Å². The van der Waals surface area contributed by atoms with E-state index in [1.165, 1.54) is 0 Å². The third kappa shape index (κ3) is 6.47. The average molecular weight is 600 g/mol. The molecule has 3 amide bonds. The number of benzene rings is 1. The minimum atomic E-state index is -0.634. The van der Waals surface area contributed by atoms with Crippen LogP contribution in [-0.2, 0) is 32.7 Å². The first-order valence-electron chi connectivity index (χ1n) is 15.8. The van der Waals surface area contributed by atoms with E-state index in [0.717, 1.165) is 80.4 Å². The van der Waals surface area contributed by atoms with Gasteiger partial charge in [-0.15, -0.1) is 0 Å². The van der Waals surface area contributed by atoms with Crippen molar-refractivity contribution in [3.05, 3.63) is 58.4 Å². The molecule has 0 saturated heterocycles. The van der Waals surface area contributed by atoms with Gasteiger partial charge in [0, 0.05) is 55.3 Å². The van der Waals surface area contributed by atoms with Gasteiger partial charge in [0.25, 0.3) is 0 Å². The Kier molecular flexibility index (Phi) is 8.65. The fourth-order valence-electron chi connectivity index (χ4n) is 6.06. The Bertz CT molecular complexity index is 1510. The predicted molar refractivity (Wildman–Crippen MR) is 169 cm³/mol. The minimum Gasteiger partial charge on any atom is -0.448 e.